The molecule has 0 aliphatic rings. The van der Waals surface area contributed by atoms with Crippen LogP contribution in [0.25, 0.3) is 0 Å². The van der Waals surface area contributed by atoms with E-state index in [9.17, 15) is 8.42 Å². The Morgan fingerprint density at radius 2 is 1.67 bits per heavy atom. The molecule has 0 amide bonds. The standard InChI is InChI=1S/C15H20N4O4S/c1-11-10-12(2)17-15(16-11)18-19-24(20,21)14-6-4-13(5-7-14)23-9-8-22-3/h4-7,10,19H,8-9H2,1-3H3,(H,16,17,18). The highest BCUT2D eigenvalue weighted by Crippen LogP contribution is 2.16. The predicted molar refractivity (Wildman–Crippen MR) is 89.3 cm³/mol. The van der Waals surface area contributed by atoms with E-state index in [4.69, 9.17) is 9.47 Å². The average molecular weight is 352 g/mol. The summed E-state index contributed by atoms with van der Waals surface area (Å²) in [4.78, 5) is 10.6. The van der Waals surface area contributed by atoms with Crippen LogP contribution in [0.3, 0.4) is 0 Å². The van der Waals surface area contributed by atoms with Crippen molar-refractivity contribution < 1.29 is 17.9 Å². The molecule has 2 rings (SSSR count). The van der Waals surface area contributed by atoms with Gasteiger partial charge in [-0.2, -0.15) is 0 Å². The Bertz CT molecular complexity index is 758. The van der Waals surface area contributed by atoms with Crippen molar-refractivity contribution in [1.29, 1.82) is 0 Å². The summed E-state index contributed by atoms with van der Waals surface area (Å²) >= 11 is 0. The number of aromatic nitrogens is 2. The fraction of sp³-hybridized carbons (Fsp3) is 0.333. The second-order valence-corrected chi connectivity index (χ2v) is 6.70. The fourth-order valence-corrected chi connectivity index (χ4v) is 2.75. The smallest absolute Gasteiger partial charge is 0.257 e. The molecule has 24 heavy (non-hydrogen) atoms. The van der Waals surface area contributed by atoms with Crippen LogP contribution < -0.4 is 15.0 Å². The number of nitrogens with one attached hydrogen (secondary N) is 2. The van der Waals surface area contributed by atoms with Crippen molar-refractivity contribution in [2.75, 3.05) is 25.7 Å². The SMILES string of the molecule is COCCOc1ccc(S(=O)(=O)NNc2nc(C)cc(C)n2)cc1. The quantitative estimate of drug-likeness (QED) is 0.547. The average Bonchev–Trinajstić information content (AvgIpc) is 2.53. The summed E-state index contributed by atoms with van der Waals surface area (Å²) in [6.45, 7) is 4.46. The Morgan fingerprint density at radius 3 is 2.25 bits per heavy atom. The molecule has 0 aliphatic carbocycles. The van der Waals surface area contributed by atoms with E-state index in [2.05, 4.69) is 20.2 Å². The van der Waals surface area contributed by atoms with Gasteiger partial charge in [0.15, 0.2) is 0 Å². The molecule has 2 N–H and O–H groups in total. The first-order valence-corrected chi connectivity index (χ1v) is 8.71. The summed E-state index contributed by atoms with van der Waals surface area (Å²) in [5.74, 6) is 0.757. The Kier molecular flexibility index (Phi) is 6.07. The number of ether oxygens (including phenoxy) is 2. The molecule has 0 saturated heterocycles. The maximum atomic E-state index is 12.3. The van der Waals surface area contributed by atoms with Crippen molar-refractivity contribution >= 4 is 16.0 Å². The number of hydrogen-bond donors (Lipinski definition) is 2. The molecule has 0 fully saturated rings. The van der Waals surface area contributed by atoms with E-state index in [-0.39, 0.29) is 10.8 Å². The third kappa shape index (κ3) is 5.15. The number of methoxy groups -OCH3 is 1. The number of anilines is 1. The van der Waals surface area contributed by atoms with Crippen molar-refractivity contribution in [3.8, 4) is 5.75 Å². The Labute approximate surface area is 141 Å². The summed E-state index contributed by atoms with van der Waals surface area (Å²) in [7, 11) is -2.17. The van der Waals surface area contributed by atoms with Gasteiger partial charge in [-0.1, -0.05) is 0 Å². The van der Waals surface area contributed by atoms with Gasteiger partial charge in [0.05, 0.1) is 11.5 Å². The molecule has 0 saturated carbocycles. The lowest BCUT2D eigenvalue weighted by molar-refractivity contribution is 0.146. The molecule has 2 aromatic rings. The van der Waals surface area contributed by atoms with Gasteiger partial charge in [-0.25, -0.2) is 18.4 Å². The van der Waals surface area contributed by atoms with Crippen LogP contribution in [-0.2, 0) is 14.8 Å². The lowest BCUT2D eigenvalue weighted by atomic mass is 10.3. The van der Waals surface area contributed by atoms with Gasteiger partial charge in [0.25, 0.3) is 10.0 Å². The number of hydrazine groups is 1. The molecule has 9 heteroatoms. The van der Waals surface area contributed by atoms with E-state index >= 15 is 0 Å². The highest BCUT2D eigenvalue weighted by atomic mass is 32.2. The topological polar surface area (TPSA) is 102 Å². The van der Waals surface area contributed by atoms with Crippen LogP contribution in [-0.4, -0.2) is 38.7 Å². The number of hydrogen-bond acceptors (Lipinski definition) is 7. The van der Waals surface area contributed by atoms with Crippen molar-refractivity contribution in [3.05, 3.63) is 41.7 Å². The molecule has 1 heterocycles. The van der Waals surface area contributed by atoms with E-state index in [1.54, 1.807) is 39.2 Å². The molecular weight excluding hydrogens is 332 g/mol. The zero-order valence-electron chi connectivity index (χ0n) is 13.7. The van der Waals surface area contributed by atoms with E-state index in [1.807, 2.05) is 0 Å². The molecule has 0 bridgehead atoms. The van der Waals surface area contributed by atoms with Crippen LogP contribution in [0.2, 0.25) is 0 Å². The first-order valence-electron chi connectivity index (χ1n) is 7.22. The number of nitrogens with zero attached hydrogens (tertiary/aromatic N) is 2. The van der Waals surface area contributed by atoms with Crippen molar-refractivity contribution in [2.24, 2.45) is 0 Å². The van der Waals surface area contributed by atoms with Gasteiger partial charge in [-0.15, -0.1) is 4.83 Å². The van der Waals surface area contributed by atoms with Gasteiger partial charge in [-0.05, 0) is 44.2 Å². The van der Waals surface area contributed by atoms with Crippen LogP contribution >= 0.6 is 0 Å². The van der Waals surface area contributed by atoms with Crippen molar-refractivity contribution in [1.82, 2.24) is 14.8 Å². The van der Waals surface area contributed by atoms with Gasteiger partial charge in [0.1, 0.15) is 12.4 Å². The first kappa shape index (κ1) is 18.1. The summed E-state index contributed by atoms with van der Waals surface area (Å²) in [5, 5.41) is 0. The molecule has 1 aromatic heterocycles. The maximum absolute atomic E-state index is 12.3. The van der Waals surface area contributed by atoms with Crippen LogP contribution in [0.15, 0.2) is 35.2 Å². The predicted octanol–water partition coefficient (Wildman–Crippen LogP) is 1.42. The van der Waals surface area contributed by atoms with E-state index in [1.165, 1.54) is 12.1 Å². The summed E-state index contributed by atoms with van der Waals surface area (Å²) in [5.41, 5.74) is 3.99. The van der Waals surface area contributed by atoms with E-state index in [0.717, 1.165) is 11.4 Å². The second-order valence-electron chi connectivity index (χ2n) is 5.02. The minimum Gasteiger partial charge on any atom is -0.491 e. The highest BCUT2D eigenvalue weighted by molar-refractivity contribution is 7.89. The number of benzene rings is 1. The monoisotopic (exact) mass is 352 g/mol. The first-order chi connectivity index (χ1) is 11.4. The third-order valence-corrected chi connectivity index (χ3v) is 4.23. The zero-order chi connectivity index (χ0) is 17.6. The lowest BCUT2D eigenvalue weighted by Crippen LogP contribution is -2.30. The Hall–Kier alpha value is -2.23. The molecule has 0 aliphatic heterocycles. The molecule has 8 nitrogen and oxygen atoms in total. The molecule has 0 unspecified atom stereocenters. The number of sulfonamides is 1. The highest BCUT2D eigenvalue weighted by Gasteiger charge is 2.14. The van der Waals surface area contributed by atoms with Crippen molar-refractivity contribution in [2.45, 2.75) is 18.7 Å². The largest absolute Gasteiger partial charge is 0.491 e. The van der Waals surface area contributed by atoms with Crippen molar-refractivity contribution in [3.63, 3.8) is 0 Å². The molecule has 0 radical (unpaired) electrons. The maximum Gasteiger partial charge on any atom is 0.257 e. The van der Waals surface area contributed by atoms with Crippen LogP contribution in [0.4, 0.5) is 5.95 Å². The molecule has 1 aromatic carbocycles. The number of aryl methyl sites for hydroxylation is 2. The summed E-state index contributed by atoms with van der Waals surface area (Å²) in [6.07, 6.45) is 0. The van der Waals surface area contributed by atoms with Crippen LogP contribution in [0.1, 0.15) is 11.4 Å². The van der Waals surface area contributed by atoms with Gasteiger partial charge in [0.2, 0.25) is 5.95 Å². The third-order valence-electron chi connectivity index (χ3n) is 2.97. The second kappa shape index (κ2) is 8.04. The van der Waals surface area contributed by atoms with Gasteiger partial charge < -0.3 is 9.47 Å². The van der Waals surface area contributed by atoms with Crippen LogP contribution in [0.5, 0.6) is 5.75 Å². The Morgan fingerprint density at radius 1 is 1.04 bits per heavy atom. The van der Waals surface area contributed by atoms with Gasteiger partial charge >= 0.3 is 0 Å². The fourth-order valence-electron chi connectivity index (χ4n) is 1.91. The normalized spacial score (nSPS) is 11.3. The zero-order valence-corrected chi connectivity index (χ0v) is 14.6. The minimum atomic E-state index is -3.75. The van der Waals surface area contributed by atoms with E-state index in [0.29, 0.717) is 19.0 Å². The molecule has 130 valence electrons. The summed E-state index contributed by atoms with van der Waals surface area (Å²) in [6, 6.07) is 7.86. The minimum absolute atomic E-state index is 0.0958. The molecular formula is C15H20N4O4S. The number of rotatable bonds is 8. The molecule has 0 atom stereocenters. The lowest BCUT2D eigenvalue weighted by Gasteiger charge is -2.10. The Balaban J connectivity index is 2.01. The van der Waals surface area contributed by atoms with E-state index < -0.39 is 10.0 Å². The molecule has 0 spiro atoms. The van der Waals surface area contributed by atoms with Gasteiger partial charge in [0, 0.05) is 18.5 Å². The van der Waals surface area contributed by atoms with Gasteiger partial charge in [-0.3, -0.25) is 5.43 Å². The van der Waals surface area contributed by atoms with Crippen LogP contribution in [0, 0.1) is 13.8 Å². The summed E-state index contributed by atoms with van der Waals surface area (Å²) < 4.78 is 34.8.